The Bertz CT molecular complexity index is 1470. The smallest absolute Gasteiger partial charge is 0.283 e. The van der Waals surface area contributed by atoms with Crippen LogP contribution in [0.15, 0.2) is 29.3 Å². The van der Waals surface area contributed by atoms with Crippen LogP contribution in [0.2, 0.25) is 5.02 Å². The number of fused-ring (bicyclic) bond motifs is 2. The Morgan fingerprint density at radius 3 is 2.78 bits per heavy atom. The van der Waals surface area contributed by atoms with Gasteiger partial charge < -0.3 is 14.8 Å². The van der Waals surface area contributed by atoms with Crippen LogP contribution in [0.3, 0.4) is 0 Å². The first-order valence-electron chi connectivity index (χ1n) is 11.8. The molecule has 2 amide bonds. The van der Waals surface area contributed by atoms with E-state index in [0.29, 0.717) is 40.4 Å². The van der Waals surface area contributed by atoms with Crippen molar-refractivity contribution in [2.24, 2.45) is 5.84 Å². The lowest BCUT2D eigenvalue weighted by molar-refractivity contribution is -0.130. The molecule has 1 atom stereocenters. The summed E-state index contributed by atoms with van der Waals surface area (Å²) in [7, 11) is -0.641. The van der Waals surface area contributed by atoms with E-state index in [-0.39, 0.29) is 42.9 Å². The van der Waals surface area contributed by atoms with E-state index in [1.54, 1.807) is 48.3 Å². The van der Waals surface area contributed by atoms with Gasteiger partial charge in [0.05, 0.1) is 11.7 Å². The van der Waals surface area contributed by atoms with E-state index in [1.807, 2.05) is 0 Å². The molecule has 0 saturated carbocycles. The monoisotopic (exact) mass is 565 g/mol. The maximum atomic E-state index is 13.6. The molecule has 1 fully saturated rings. The van der Waals surface area contributed by atoms with E-state index in [2.05, 4.69) is 9.97 Å². The molecule has 2 aliphatic heterocycles. The number of nitrogens with zero attached hydrogens (tertiary/aromatic N) is 5. The molecule has 1 aromatic carbocycles. The minimum atomic E-state index is -3.91. The van der Waals surface area contributed by atoms with Crippen LogP contribution in [0.1, 0.15) is 26.8 Å². The summed E-state index contributed by atoms with van der Waals surface area (Å²) in [6.45, 7) is 1.43. The summed E-state index contributed by atoms with van der Waals surface area (Å²) in [6, 6.07) is 6.01. The van der Waals surface area contributed by atoms with Crippen molar-refractivity contribution in [1.82, 2.24) is 29.1 Å². The van der Waals surface area contributed by atoms with Crippen LogP contribution in [0.25, 0.3) is 10.9 Å². The topological polar surface area (TPSA) is 136 Å². The van der Waals surface area contributed by atoms with Gasteiger partial charge in [0.25, 0.3) is 15.9 Å². The maximum Gasteiger partial charge on any atom is 0.283 e. The minimum Gasteiger partial charge on any atom is -0.349 e. The number of amides is 2. The van der Waals surface area contributed by atoms with Gasteiger partial charge in [-0.15, -0.1) is 11.3 Å². The second-order valence-electron chi connectivity index (χ2n) is 9.48. The van der Waals surface area contributed by atoms with Gasteiger partial charge >= 0.3 is 0 Å². The predicted octanol–water partition coefficient (Wildman–Crippen LogP) is 1.50. The highest BCUT2D eigenvalue weighted by Gasteiger charge is 2.39. The summed E-state index contributed by atoms with van der Waals surface area (Å²) in [4.78, 5) is 37.7. The molecule has 0 spiro atoms. The first-order chi connectivity index (χ1) is 17.5. The molecule has 5 rings (SSSR count). The third kappa shape index (κ3) is 5.11. The van der Waals surface area contributed by atoms with Gasteiger partial charge in [0, 0.05) is 80.5 Å². The van der Waals surface area contributed by atoms with Gasteiger partial charge in [0.2, 0.25) is 5.91 Å². The van der Waals surface area contributed by atoms with Gasteiger partial charge in [-0.1, -0.05) is 11.6 Å². The fourth-order valence-corrected chi connectivity index (χ4v) is 7.41. The number of H-pyrrole nitrogens is 1. The fraction of sp³-hybridized carbons (Fsp3) is 0.435. The highest BCUT2D eigenvalue weighted by molar-refractivity contribution is 7.89. The van der Waals surface area contributed by atoms with Crippen molar-refractivity contribution in [2.45, 2.75) is 30.5 Å². The number of piperazine rings is 1. The molecule has 4 heterocycles. The zero-order chi connectivity index (χ0) is 26.5. The number of sulfonamides is 1. The molecule has 11 nitrogen and oxygen atoms in total. The third-order valence-electron chi connectivity index (χ3n) is 6.73. The molecule has 0 radical (unpaired) electrons. The maximum absolute atomic E-state index is 13.6. The summed E-state index contributed by atoms with van der Waals surface area (Å²) in [5, 5.41) is 3.26. The zero-order valence-electron chi connectivity index (χ0n) is 20.5. The van der Waals surface area contributed by atoms with E-state index < -0.39 is 16.1 Å². The van der Waals surface area contributed by atoms with Crippen LogP contribution in [0.4, 0.5) is 0 Å². The fourth-order valence-electron chi connectivity index (χ4n) is 4.66. The van der Waals surface area contributed by atoms with Gasteiger partial charge in [0.15, 0.2) is 5.01 Å². The molecule has 14 heteroatoms. The highest BCUT2D eigenvalue weighted by Crippen LogP contribution is 2.29. The number of halogens is 1. The Balaban J connectivity index is 1.41. The molecule has 2 aliphatic rings. The van der Waals surface area contributed by atoms with Crippen molar-refractivity contribution in [3.63, 3.8) is 0 Å². The molecule has 3 aromatic rings. The van der Waals surface area contributed by atoms with Gasteiger partial charge in [-0.25, -0.2) is 18.4 Å². The van der Waals surface area contributed by atoms with E-state index >= 15 is 0 Å². The van der Waals surface area contributed by atoms with Gasteiger partial charge in [-0.05, 0) is 24.3 Å². The summed E-state index contributed by atoms with van der Waals surface area (Å²) in [6.07, 6.45) is 0.661. The van der Waals surface area contributed by atoms with E-state index in [1.165, 1.54) is 20.5 Å². The second-order valence-corrected chi connectivity index (χ2v) is 12.9. The largest absolute Gasteiger partial charge is 0.349 e. The van der Waals surface area contributed by atoms with E-state index in [4.69, 9.17) is 17.4 Å². The SMILES string of the molecule is CN(C)C(=O)CC1CN(S(=O)(=O)c2cc3cc(Cl)ccc3[nH]2)CCN1C(=O)c1nc2c(s1)CN(N)CC2. The number of carbonyl (C=O) groups excluding carboxylic acids is 2. The molecular weight excluding hydrogens is 538 g/mol. The van der Waals surface area contributed by atoms with Crippen molar-refractivity contribution in [3.8, 4) is 0 Å². The number of hydrogen-bond acceptors (Lipinski definition) is 8. The summed E-state index contributed by atoms with van der Waals surface area (Å²) < 4.78 is 28.4. The molecule has 3 N–H and O–H groups in total. The number of nitrogens with one attached hydrogen (secondary N) is 1. The van der Waals surface area contributed by atoms with Gasteiger partial charge in [-0.3, -0.25) is 15.4 Å². The first kappa shape index (κ1) is 26.1. The Labute approximate surface area is 223 Å². The lowest BCUT2D eigenvalue weighted by Gasteiger charge is -2.40. The van der Waals surface area contributed by atoms with E-state index in [0.717, 1.165) is 10.6 Å². The van der Waals surface area contributed by atoms with Gasteiger partial charge in [-0.2, -0.15) is 4.31 Å². The van der Waals surface area contributed by atoms with Crippen molar-refractivity contribution < 1.29 is 18.0 Å². The zero-order valence-corrected chi connectivity index (χ0v) is 22.9. The second kappa shape index (κ2) is 9.97. The van der Waals surface area contributed by atoms with Crippen LogP contribution in [-0.4, -0.2) is 95.6 Å². The number of thiazole rings is 1. The third-order valence-corrected chi connectivity index (χ3v) is 9.83. The lowest BCUT2D eigenvalue weighted by atomic mass is 10.1. The van der Waals surface area contributed by atoms with Gasteiger partial charge in [0.1, 0.15) is 5.03 Å². The summed E-state index contributed by atoms with van der Waals surface area (Å²) in [5.74, 6) is 5.43. The predicted molar refractivity (Wildman–Crippen MR) is 141 cm³/mol. The summed E-state index contributed by atoms with van der Waals surface area (Å²) in [5.41, 5.74) is 1.52. The molecule has 1 unspecified atom stereocenters. The van der Waals surface area contributed by atoms with Crippen molar-refractivity contribution in [3.05, 3.63) is 44.9 Å². The molecule has 0 bridgehead atoms. The van der Waals surface area contributed by atoms with Crippen LogP contribution < -0.4 is 5.84 Å². The number of carbonyl (C=O) groups is 2. The van der Waals surface area contributed by atoms with Crippen LogP contribution in [0, 0.1) is 0 Å². The molecular formula is C23H28ClN7O4S2. The number of aromatic nitrogens is 2. The Morgan fingerprint density at radius 2 is 2.03 bits per heavy atom. The Morgan fingerprint density at radius 1 is 1.24 bits per heavy atom. The van der Waals surface area contributed by atoms with Crippen LogP contribution in [-0.2, 0) is 27.8 Å². The molecule has 1 saturated heterocycles. The Hall–Kier alpha value is -2.55. The number of benzene rings is 1. The minimum absolute atomic E-state index is 0.00522. The number of hydrazine groups is 1. The quantitative estimate of drug-likeness (QED) is 0.447. The molecule has 37 heavy (non-hydrogen) atoms. The van der Waals surface area contributed by atoms with E-state index in [9.17, 15) is 18.0 Å². The normalized spacial score (nSPS) is 19.2. The number of aromatic amines is 1. The standard InChI is InChI=1S/C23H28ClN7O4S2/c1-28(2)21(32)11-16-12-30(37(34,35)20-10-14-9-15(24)3-4-17(14)26-20)7-8-31(16)23(33)22-27-18-5-6-29(25)13-19(18)36-22/h3-4,9-10,16,26H,5-8,11-13,25H2,1-2H3. The molecule has 0 aliphatic carbocycles. The Kier molecular flexibility index (Phi) is 7.02. The van der Waals surface area contributed by atoms with Crippen molar-refractivity contribution >= 4 is 55.7 Å². The number of nitrogens with two attached hydrogens (primary N) is 1. The average Bonchev–Trinajstić information content (AvgIpc) is 3.47. The molecule has 198 valence electrons. The summed E-state index contributed by atoms with van der Waals surface area (Å²) >= 11 is 7.37. The number of hydrogen-bond donors (Lipinski definition) is 2. The molecule has 2 aromatic heterocycles. The lowest BCUT2D eigenvalue weighted by Crippen LogP contribution is -2.57. The highest BCUT2D eigenvalue weighted by atomic mass is 35.5. The van der Waals surface area contributed by atoms with Crippen molar-refractivity contribution in [2.75, 3.05) is 40.3 Å². The number of rotatable bonds is 5. The van der Waals surface area contributed by atoms with Crippen LogP contribution in [0.5, 0.6) is 0 Å². The van der Waals surface area contributed by atoms with Crippen LogP contribution >= 0.6 is 22.9 Å². The first-order valence-corrected chi connectivity index (χ1v) is 14.4. The van der Waals surface area contributed by atoms with Crippen molar-refractivity contribution in [1.29, 1.82) is 0 Å². The average molecular weight is 566 g/mol.